The molecular formula is C24H26F2N2O7. The molecule has 2 aromatic carbocycles. The normalized spacial score (nSPS) is 12.9. The fourth-order valence-electron chi connectivity index (χ4n) is 2.94. The predicted octanol–water partition coefficient (Wildman–Crippen LogP) is 3.65. The number of anilines is 1. The van der Waals surface area contributed by atoms with Crippen LogP contribution in [0.25, 0.3) is 0 Å². The molecule has 188 valence electrons. The molecule has 4 N–H and O–H groups in total. The van der Waals surface area contributed by atoms with Gasteiger partial charge in [-0.2, -0.15) is 0 Å². The van der Waals surface area contributed by atoms with Crippen LogP contribution in [-0.4, -0.2) is 48.7 Å². The molecule has 0 saturated heterocycles. The second-order valence-electron chi connectivity index (χ2n) is 6.99. The molecule has 0 saturated carbocycles. The summed E-state index contributed by atoms with van der Waals surface area (Å²) in [5.41, 5.74) is 1.73. The van der Waals surface area contributed by atoms with Gasteiger partial charge in [-0.05, 0) is 36.2 Å². The number of amides is 2. The topological polar surface area (TPSA) is 126 Å². The number of hydroxylamine groups is 1. The molecule has 9 nitrogen and oxygen atoms in total. The van der Waals surface area contributed by atoms with E-state index in [4.69, 9.17) is 24.5 Å². The molecule has 2 aromatic rings. The lowest BCUT2D eigenvalue weighted by Gasteiger charge is -2.26. The number of carbonyl (C=O) groups excluding carboxylic acids is 2. The lowest BCUT2D eigenvalue weighted by atomic mass is 10.0. The molecule has 0 spiro atoms. The molecule has 35 heavy (non-hydrogen) atoms. The van der Waals surface area contributed by atoms with E-state index in [1.807, 2.05) is 0 Å². The van der Waals surface area contributed by atoms with Crippen LogP contribution in [0.1, 0.15) is 18.1 Å². The predicted molar refractivity (Wildman–Crippen MR) is 122 cm³/mol. The molecule has 2 atom stereocenters. The number of aliphatic hydroxyl groups is 1. The zero-order chi connectivity index (χ0) is 25.6. The van der Waals surface area contributed by atoms with Crippen molar-refractivity contribution >= 4 is 17.7 Å². The summed E-state index contributed by atoms with van der Waals surface area (Å²) in [6, 6.07) is 9.23. The number of hydrogen-bond acceptors (Lipinski definition) is 7. The van der Waals surface area contributed by atoms with Crippen molar-refractivity contribution in [2.75, 3.05) is 25.6 Å². The molecule has 0 radical (unpaired) electrons. The highest BCUT2D eigenvalue weighted by Gasteiger charge is 2.27. The quantitative estimate of drug-likeness (QED) is 0.154. The first kappa shape index (κ1) is 27.4. The van der Waals surface area contributed by atoms with Gasteiger partial charge < -0.3 is 19.3 Å². The van der Waals surface area contributed by atoms with Crippen molar-refractivity contribution < 1.29 is 42.9 Å². The lowest BCUT2D eigenvalue weighted by molar-refractivity contribution is -0.124. The molecule has 2 rings (SSSR count). The maximum atomic E-state index is 13.9. The standard InChI is InChI=1S/C24H26F2N2O7/c1-33-21(5-3-2-4-6-22(30)28-32)23(16-7-10-18(11-8-16)34-14-13-29)35-24(31)27-20-12-9-17(25)15-19(20)26/h2-4,6-12,15,21,23,29,32H,5,13-14H2,1H3,(H,27,31)(H,28,30)/b3-2+,6-4+/t21-,23-/m0/s1. The Hall–Kier alpha value is -3.80. The van der Waals surface area contributed by atoms with Crippen LogP contribution in [0.3, 0.4) is 0 Å². The van der Waals surface area contributed by atoms with E-state index in [9.17, 15) is 18.4 Å². The van der Waals surface area contributed by atoms with Crippen molar-refractivity contribution in [1.82, 2.24) is 5.48 Å². The largest absolute Gasteiger partial charge is 0.491 e. The number of allylic oxidation sites excluding steroid dienone is 2. The summed E-state index contributed by atoms with van der Waals surface area (Å²) in [6.45, 7) is -0.0433. The van der Waals surface area contributed by atoms with E-state index >= 15 is 0 Å². The van der Waals surface area contributed by atoms with Crippen LogP contribution in [0.5, 0.6) is 5.75 Å². The molecule has 0 aliphatic rings. The van der Waals surface area contributed by atoms with E-state index in [1.165, 1.54) is 24.7 Å². The first-order valence-electron chi connectivity index (χ1n) is 10.4. The Balaban J connectivity index is 2.21. The second kappa shape index (κ2) is 14.5. The van der Waals surface area contributed by atoms with Crippen molar-refractivity contribution in [1.29, 1.82) is 0 Å². The molecule has 0 bridgehead atoms. The van der Waals surface area contributed by atoms with E-state index in [2.05, 4.69) is 5.32 Å². The maximum Gasteiger partial charge on any atom is 0.412 e. The van der Waals surface area contributed by atoms with Crippen molar-refractivity contribution in [3.63, 3.8) is 0 Å². The highest BCUT2D eigenvalue weighted by molar-refractivity contribution is 5.86. The molecule has 11 heteroatoms. The maximum absolute atomic E-state index is 13.9. The first-order chi connectivity index (χ1) is 16.9. The van der Waals surface area contributed by atoms with Gasteiger partial charge in [0.05, 0.1) is 12.3 Å². The van der Waals surface area contributed by atoms with Crippen LogP contribution in [0.2, 0.25) is 0 Å². The summed E-state index contributed by atoms with van der Waals surface area (Å²) >= 11 is 0. The van der Waals surface area contributed by atoms with Gasteiger partial charge in [0.2, 0.25) is 0 Å². The Bertz CT molecular complexity index is 1030. The van der Waals surface area contributed by atoms with Crippen LogP contribution < -0.4 is 15.5 Å². The Labute approximate surface area is 200 Å². The monoisotopic (exact) mass is 492 g/mol. The number of halogens is 2. The smallest absolute Gasteiger partial charge is 0.412 e. The summed E-state index contributed by atoms with van der Waals surface area (Å²) in [5.74, 6) is -1.97. The molecule has 0 unspecified atom stereocenters. The van der Waals surface area contributed by atoms with Crippen LogP contribution in [-0.2, 0) is 14.3 Å². The number of aliphatic hydroxyl groups excluding tert-OH is 1. The zero-order valence-corrected chi connectivity index (χ0v) is 18.8. The minimum Gasteiger partial charge on any atom is -0.491 e. The fourth-order valence-corrected chi connectivity index (χ4v) is 2.94. The van der Waals surface area contributed by atoms with Gasteiger partial charge in [0.1, 0.15) is 30.1 Å². The Morgan fingerprint density at radius 2 is 1.86 bits per heavy atom. The summed E-state index contributed by atoms with van der Waals surface area (Å²) in [5, 5.41) is 19.6. The van der Waals surface area contributed by atoms with E-state index in [-0.39, 0.29) is 25.3 Å². The third-order valence-electron chi connectivity index (χ3n) is 4.58. The van der Waals surface area contributed by atoms with Gasteiger partial charge in [-0.15, -0.1) is 0 Å². The van der Waals surface area contributed by atoms with E-state index < -0.39 is 35.8 Å². The number of carbonyl (C=O) groups is 2. The van der Waals surface area contributed by atoms with Crippen LogP contribution in [0, 0.1) is 11.6 Å². The average Bonchev–Trinajstić information content (AvgIpc) is 2.85. The highest BCUT2D eigenvalue weighted by Crippen LogP contribution is 2.28. The molecule has 0 aliphatic heterocycles. The number of rotatable bonds is 12. The van der Waals surface area contributed by atoms with Gasteiger partial charge in [0, 0.05) is 19.3 Å². The Kier molecular flexibility index (Phi) is 11.3. The van der Waals surface area contributed by atoms with Gasteiger partial charge in [0.25, 0.3) is 5.91 Å². The van der Waals surface area contributed by atoms with Crippen molar-refractivity contribution in [3.05, 3.63) is 84.0 Å². The molecule has 0 aliphatic carbocycles. The summed E-state index contributed by atoms with van der Waals surface area (Å²) in [4.78, 5) is 23.6. The molecule has 2 amide bonds. The lowest BCUT2D eigenvalue weighted by Crippen LogP contribution is -2.28. The van der Waals surface area contributed by atoms with Gasteiger partial charge in [-0.1, -0.05) is 30.4 Å². The summed E-state index contributed by atoms with van der Waals surface area (Å²) in [6.07, 6.45) is 3.29. The van der Waals surface area contributed by atoms with Crippen molar-refractivity contribution in [2.24, 2.45) is 0 Å². The molecule has 0 fully saturated rings. The van der Waals surface area contributed by atoms with Gasteiger partial charge >= 0.3 is 6.09 Å². The molecular weight excluding hydrogens is 466 g/mol. The highest BCUT2D eigenvalue weighted by atomic mass is 19.1. The summed E-state index contributed by atoms with van der Waals surface area (Å²) < 4.78 is 43.5. The molecule has 0 aromatic heterocycles. The summed E-state index contributed by atoms with van der Waals surface area (Å²) in [7, 11) is 1.42. The molecule has 0 heterocycles. The van der Waals surface area contributed by atoms with Crippen LogP contribution >= 0.6 is 0 Å². The van der Waals surface area contributed by atoms with Gasteiger partial charge in [-0.3, -0.25) is 15.3 Å². The third-order valence-corrected chi connectivity index (χ3v) is 4.58. The van der Waals surface area contributed by atoms with Crippen LogP contribution in [0.4, 0.5) is 19.3 Å². The minimum atomic E-state index is -0.994. The third kappa shape index (κ3) is 9.16. The SMILES string of the molecule is CO[C@@H](C/C=C/C=C/C(=O)NO)[C@@H](OC(=O)Nc1ccc(F)cc1F)c1ccc(OCCO)cc1. The van der Waals surface area contributed by atoms with Crippen LogP contribution in [0.15, 0.2) is 66.8 Å². The Morgan fingerprint density at radius 1 is 1.11 bits per heavy atom. The number of ether oxygens (including phenoxy) is 3. The van der Waals surface area contributed by atoms with E-state index in [0.29, 0.717) is 17.4 Å². The Morgan fingerprint density at radius 3 is 2.49 bits per heavy atom. The van der Waals surface area contributed by atoms with Gasteiger partial charge in [0.15, 0.2) is 6.10 Å². The second-order valence-corrected chi connectivity index (χ2v) is 6.99. The zero-order valence-electron chi connectivity index (χ0n) is 18.8. The minimum absolute atomic E-state index is 0.109. The van der Waals surface area contributed by atoms with E-state index in [0.717, 1.165) is 18.2 Å². The first-order valence-corrected chi connectivity index (χ1v) is 10.4. The van der Waals surface area contributed by atoms with E-state index in [1.54, 1.807) is 30.3 Å². The van der Waals surface area contributed by atoms with Gasteiger partial charge in [-0.25, -0.2) is 19.1 Å². The average molecular weight is 492 g/mol. The number of benzene rings is 2. The van der Waals surface area contributed by atoms with Crippen molar-refractivity contribution in [2.45, 2.75) is 18.6 Å². The fraction of sp³-hybridized carbons (Fsp3) is 0.250. The number of nitrogens with one attached hydrogen (secondary N) is 2. The number of methoxy groups -OCH3 is 1. The van der Waals surface area contributed by atoms with Crippen molar-refractivity contribution in [3.8, 4) is 5.75 Å². The number of hydrogen-bond donors (Lipinski definition) is 4.